The molecule has 0 aliphatic rings. The van der Waals surface area contributed by atoms with Gasteiger partial charge in [-0.2, -0.15) is 0 Å². The first-order valence-electron chi connectivity index (χ1n) is 5.62. The van der Waals surface area contributed by atoms with Crippen molar-refractivity contribution in [3.8, 4) is 0 Å². The third-order valence-corrected chi connectivity index (χ3v) is 2.94. The van der Waals surface area contributed by atoms with Gasteiger partial charge in [-0.3, -0.25) is 10.0 Å². The molecule has 1 N–H and O–H groups in total. The zero-order valence-corrected chi connectivity index (χ0v) is 10.4. The van der Waals surface area contributed by atoms with Crippen LogP contribution >= 0.6 is 0 Å². The third-order valence-electron chi connectivity index (χ3n) is 2.94. The predicted octanol–water partition coefficient (Wildman–Crippen LogP) is 2.98. The summed E-state index contributed by atoms with van der Waals surface area (Å²) < 4.78 is 12.7. The molecule has 0 aliphatic carbocycles. The van der Waals surface area contributed by atoms with E-state index < -0.39 is 5.41 Å². The minimum absolute atomic E-state index is 0.0720. The summed E-state index contributed by atoms with van der Waals surface area (Å²) in [7, 11) is 0. The van der Waals surface area contributed by atoms with Gasteiger partial charge in [-0.15, -0.1) is 0 Å². The Balaban J connectivity index is 2.69. The van der Waals surface area contributed by atoms with Gasteiger partial charge in [-0.05, 0) is 24.1 Å². The monoisotopic (exact) mass is 239 g/mol. The smallest absolute Gasteiger partial charge is 0.251 e. The average Bonchev–Trinajstić information content (AvgIpc) is 2.31. The van der Waals surface area contributed by atoms with Gasteiger partial charge in [-0.25, -0.2) is 9.45 Å². The molecule has 0 radical (unpaired) electrons. The molecule has 1 amide bonds. The van der Waals surface area contributed by atoms with Crippen LogP contribution in [0.25, 0.3) is 0 Å². The highest BCUT2D eigenvalue weighted by Crippen LogP contribution is 2.23. The maximum Gasteiger partial charge on any atom is 0.251 e. The maximum absolute atomic E-state index is 12.7. The van der Waals surface area contributed by atoms with E-state index in [2.05, 4.69) is 0 Å². The summed E-state index contributed by atoms with van der Waals surface area (Å²) in [6, 6.07) is 5.70. The van der Waals surface area contributed by atoms with E-state index in [4.69, 9.17) is 0 Å². The van der Waals surface area contributed by atoms with E-state index in [9.17, 15) is 14.4 Å². The van der Waals surface area contributed by atoms with Crippen LogP contribution in [0.2, 0.25) is 0 Å². The highest BCUT2D eigenvalue weighted by atomic mass is 19.1. The molecule has 0 spiro atoms. The summed E-state index contributed by atoms with van der Waals surface area (Å²) in [5.74, 6) is -0.664. The summed E-state index contributed by atoms with van der Waals surface area (Å²) in [6.07, 6.45) is 0.645. The van der Waals surface area contributed by atoms with Crippen molar-refractivity contribution in [2.24, 2.45) is 5.41 Å². The molecule has 0 saturated carbocycles. The van der Waals surface area contributed by atoms with Crippen LogP contribution in [-0.2, 0) is 11.3 Å². The molecule has 4 heteroatoms. The summed E-state index contributed by atoms with van der Waals surface area (Å²) in [4.78, 5) is 11.9. The van der Waals surface area contributed by atoms with Gasteiger partial charge in [0.1, 0.15) is 5.82 Å². The Morgan fingerprint density at radius 2 is 1.88 bits per heavy atom. The molecule has 1 rings (SSSR count). The molecule has 0 aromatic heterocycles. The third kappa shape index (κ3) is 3.53. The maximum atomic E-state index is 12.7. The van der Waals surface area contributed by atoms with E-state index >= 15 is 0 Å². The molecule has 17 heavy (non-hydrogen) atoms. The van der Waals surface area contributed by atoms with Crippen LogP contribution in [0.3, 0.4) is 0 Å². The lowest BCUT2D eigenvalue weighted by Gasteiger charge is -2.26. The second-order valence-electron chi connectivity index (χ2n) is 4.73. The minimum atomic E-state index is -0.589. The average molecular weight is 239 g/mol. The number of benzene rings is 1. The number of hydroxylamine groups is 2. The number of amides is 1. The van der Waals surface area contributed by atoms with Crippen molar-refractivity contribution in [1.29, 1.82) is 0 Å². The SMILES string of the molecule is CCC(C)(C)C(=O)N(O)Cc1ccc(F)cc1. The summed E-state index contributed by atoms with van der Waals surface area (Å²) >= 11 is 0. The number of hydrogen-bond acceptors (Lipinski definition) is 2. The van der Waals surface area contributed by atoms with Crippen molar-refractivity contribution in [2.75, 3.05) is 0 Å². The molecule has 0 unspecified atom stereocenters. The normalized spacial score (nSPS) is 11.4. The summed E-state index contributed by atoms with van der Waals surface area (Å²) in [5, 5.41) is 10.4. The van der Waals surface area contributed by atoms with Crippen molar-refractivity contribution >= 4 is 5.91 Å². The molecule has 0 heterocycles. The van der Waals surface area contributed by atoms with Gasteiger partial charge < -0.3 is 0 Å². The van der Waals surface area contributed by atoms with Crippen LogP contribution in [0.4, 0.5) is 4.39 Å². The number of carbonyl (C=O) groups is 1. The molecule has 0 atom stereocenters. The fourth-order valence-corrected chi connectivity index (χ4v) is 1.34. The Morgan fingerprint density at radius 1 is 1.35 bits per heavy atom. The molecule has 0 fully saturated rings. The van der Waals surface area contributed by atoms with Crippen molar-refractivity contribution in [1.82, 2.24) is 5.06 Å². The van der Waals surface area contributed by atoms with Crippen LogP contribution in [-0.4, -0.2) is 16.2 Å². The lowest BCUT2D eigenvalue weighted by Crippen LogP contribution is -2.38. The quantitative estimate of drug-likeness (QED) is 0.648. The first-order chi connectivity index (χ1) is 7.86. The lowest BCUT2D eigenvalue weighted by molar-refractivity contribution is -0.178. The zero-order chi connectivity index (χ0) is 13.1. The van der Waals surface area contributed by atoms with Gasteiger partial charge in [-0.1, -0.05) is 32.9 Å². The fraction of sp³-hybridized carbons (Fsp3) is 0.462. The van der Waals surface area contributed by atoms with E-state index in [0.717, 1.165) is 0 Å². The number of carbonyl (C=O) groups excluding carboxylic acids is 1. The Kier molecular flexibility index (Phi) is 4.23. The second kappa shape index (κ2) is 5.27. The molecule has 1 aromatic carbocycles. The second-order valence-corrected chi connectivity index (χ2v) is 4.73. The fourth-order valence-electron chi connectivity index (χ4n) is 1.34. The number of nitrogens with zero attached hydrogens (tertiary/aromatic N) is 1. The van der Waals surface area contributed by atoms with Crippen LogP contribution in [0.15, 0.2) is 24.3 Å². The summed E-state index contributed by atoms with van der Waals surface area (Å²) in [6.45, 7) is 5.53. The Hall–Kier alpha value is -1.42. The Morgan fingerprint density at radius 3 is 2.35 bits per heavy atom. The molecular weight excluding hydrogens is 221 g/mol. The standard InChI is InChI=1S/C13H18FNO2/c1-4-13(2,3)12(16)15(17)9-10-5-7-11(14)8-6-10/h5-8,17H,4,9H2,1-3H3. The van der Waals surface area contributed by atoms with Gasteiger partial charge >= 0.3 is 0 Å². The molecule has 0 saturated heterocycles. The van der Waals surface area contributed by atoms with Gasteiger partial charge in [0.25, 0.3) is 5.91 Å². The highest BCUT2D eigenvalue weighted by molar-refractivity contribution is 5.80. The molecular formula is C13H18FNO2. The van der Waals surface area contributed by atoms with Crippen molar-refractivity contribution in [3.63, 3.8) is 0 Å². The largest absolute Gasteiger partial charge is 0.286 e. The lowest BCUT2D eigenvalue weighted by atomic mass is 9.89. The van der Waals surface area contributed by atoms with Crippen LogP contribution in [0.1, 0.15) is 32.8 Å². The van der Waals surface area contributed by atoms with Gasteiger partial charge in [0.05, 0.1) is 6.54 Å². The first-order valence-corrected chi connectivity index (χ1v) is 5.62. The van der Waals surface area contributed by atoms with E-state index in [0.29, 0.717) is 17.0 Å². The van der Waals surface area contributed by atoms with E-state index in [1.54, 1.807) is 26.0 Å². The predicted molar refractivity (Wildman–Crippen MR) is 62.8 cm³/mol. The Bertz CT molecular complexity index is 387. The molecule has 1 aromatic rings. The summed E-state index contributed by atoms with van der Waals surface area (Å²) in [5.41, 5.74) is 0.101. The number of rotatable bonds is 4. The van der Waals surface area contributed by atoms with Crippen LogP contribution in [0, 0.1) is 11.2 Å². The van der Waals surface area contributed by atoms with Crippen LogP contribution < -0.4 is 0 Å². The first kappa shape index (κ1) is 13.6. The van der Waals surface area contributed by atoms with Crippen molar-refractivity contribution in [2.45, 2.75) is 33.7 Å². The molecule has 0 aliphatic heterocycles. The Labute approximate surface area is 101 Å². The van der Waals surface area contributed by atoms with Crippen LogP contribution in [0.5, 0.6) is 0 Å². The topological polar surface area (TPSA) is 40.5 Å². The van der Waals surface area contributed by atoms with Gasteiger partial charge in [0.15, 0.2) is 0 Å². The molecule has 94 valence electrons. The van der Waals surface area contributed by atoms with Gasteiger partial charge in [0.2, 0.25) is 0 Å². The van der Waals surface area contributed by atoms with E-state index in [1.807, 2.05) is 6.92 Å². The van der Waals surface area contributed by atoms with Gasteiger partial charge in [0, 0.05) is 5.41 Å². The molecule has 0 bridgehead atoms. The molecule has 3 nitrogen and oxygen atoms in total. The van der Waals surface area contributed by atoms with E-state index in [-0.39, 0.29) is 18.3 Å². The minimum Gasteiger partial charge on any atom is -0.286 e. The number of halogens is 1. The highest BCUT2D eigenvalue weighted by Gasteiger charge is 2.29. The zero-order valence-electron chi connectivity index (χ0n) is 10.4. The van der Waals surface area contributed by atoms with Crippen molar-refractivity contribution < 1.29 is 14.4 Å². The van der Waals surface area contributed by atoms with Crippen molar-refractivity contribution in [3.05, 3.63) is 35.6 Å². The number of hydrogen-bond donors (Lipinski definition) is 1. The van der Waals surface area contributed by atoms with E-state index in [1.165, 1.54) is 12.1 Å².